The Morgan fingerprint density at radius 1 is 1.60 bits per heavy atom. The fourth-order valence-corrected chi connectivity index (χ4v) is 1.05. The molecule has 0 aliphatic rings. The zero-order valence-corrected chi connectivity index (χ0v) is 7.49. The molecule has 0 amide bonds. The summed E-state index contributed by atoms with van der Waals surface area (Å²) in [4.78, 5) is 10.5. The normalized spacial score (nSPS) is 10.4. The zero-order valence-electron chi connectivity index (χ0n) is 7.49. The molecule has 0 fully saturated rings. The quantitative estimate of drug-likeness (QED) is 0.705. The van der Waals surface area contributed by atoms with Gasteiger partial charge in [0, 0.05) is 0 Å². The van der Waals surface area contributed by atoms with Crippen LogP contribution in [0.2, 0.25) is 0 Å². The van der Waals surface area contributed by atoms with E-state index in [-0.39, 0.29) is 18.3 Å². The van der Waals surface area contributed by atoms with E-state index in [1.807, 2.05) is 0 Å². The molecule has 0 radical (unpaired) electrons. The Hall–Kier alpha value is -2.38. The maximum absolute atomic E-state index is 10.5. The van der Waals surface area contributed by atoms with Gasteiger partial charge in [0.15, 0.2) is 0 Å². The SMILES string of the molecule is Nc1nnnn1Cc1ccc(C(=O)O)o1. The Morgan fingerprint density at radius 3 is 2.93 bits per heavy atom. The lowest BCUT2D eigenvalue weighted by Crippen LogP contribution is -2.05. The molecular weight excluding hydrogens is 202 g/mol. The number of tetrazole rings is 1. The summed E-state index contributed by atoms with van der Waals surface area (Å²) < 4.78 is 6.30. The average molecular weight is 209 g/mol. The van der Waals surface area contributed by atoms with Gasteiger partial charge in [-0.15, -0.1) is 0 Å². The third-order valence-electron chi connectivity index (χ3n) is 1.74. The molecule has 2 aromatic rings. The van der Waals surface area contributed by atoms with Crippen molar-refractivity contribution in [1.82, 2.24) is 20.2 Å². The first-order chi connectivity index (χ1) is 7.16. The van der Waals surface area contributed by atoms with E-state index in [4.69, 9.17) is 15.3 Å². The Balaban J connectivity index is 2.18. The molecule has 78 valence electrons. The number of anilines is 1. The van der Waals surface area contributed by atoms with Gasteiger partial charge in [-0.25, -0.2) is 9.48 Å². The van der Waals surface area contributed by atoms with Crippen molar-refractivity contribution in [3.05, 3.63) is 23.7 Å². The van der Waals surface area contributed by atoms with E-state index in [1.165, 1.54) is 16.8 Å². The Kier molecular flexibility index (Phi) is 2.08. The van der Waals surface area contributed by atoms with E-state index in [9.17, 15) is 4.79 Å². The molecule has 0 atom stereocenters. The van der Waals surface area contributed by atoms with E-state index in [2.05, 4.69) is 15.5 Å². The molecule has 8 heteroatoms. The Labute approximate surface area is 83.3 Å². The van der Waals surface area contributed by atoms with Gasteiger partial charge in [-0.3, -0.25) is 0 Å². The van der Waals surface area contributed by atoms with Gasteiger partial charge in [-0.2, -0.15) is 0 Å². The molecule has 0 bridgehead atoms. The lowest BCUT2D eigenvalue weighted by atomic mass is 10.4. The van der Waals surface area contributed by atoms with Gasteiger partial charge in [0.1, 0.15) is 12.3 Å². The van der Waals surface area contributed by atoms with E-state index in [1.54, 1.807) is 0 Å². The largest absolute Gasteiger partial charge is 0.475 e. The van der Waals surface area contributed by atoms with Crippen LogP contribution < -0.4 is 5.73 Å². The van der Waals surface area contributed by atoms with Crippen molar-refractivity contribution in [2.24, 2.45) is 0 Å². The summed E-state index contributed by atoms with van der Waals surface area (Å²) >= 11 is 0. The lowest BCUT2D eigenvalue weighted by Gasteiger charge is -1.96. The molecule has 3 N–H and O–H groups in total. The minimum absolute atomic E-state index is 0.128. The van der Waals surface area contributed by atoms with Gasteiger partial charge in [-0.1, -0.05) is 5.10 Å². The number of carboxylic acid groups (broad SMARTS) is 1. The summed E-state index contributed by atoms with van der Waals surface area (Å²) in [6.45, 7) is 0.201. The highest BCUT2D eigenvalue weighted by Crippen LogP contribution is 2.09. The molecule has 0 aliphatic heterocycles. The molecule has 15 heavy (non-hydrogen) atoms. The summed E-state index contributed by atoms with van der Waals surface area (Å²) in [5, 5.41) is 19.0. The van der Waals surface area contributed by atoms with Crippen molar-refractivity contribution >= 4 is 11.9 Å². The topological polar surface area (TPSA) is 120 Å². The first-order valence-corrected chi connectivity index (χ1v) is 4.00. The van der Waals surface area contributed by atoms with Crippen molar-refractivity contribution in [1.29, 1.82) is 0 Å². The second-order valence-electron chi connectivity index (χ2n) is 2.77. The fraction of sp³-hybridized carbons (Fsp3) is 0.143. The van der Waals surface area contributed by atoms with Crippen molar-refractivity contribution in [3.8, 4) is 0 Å². The van der Waals surface area contributed by atoms with Crippen LogP contribution in [0, 0.1) is 0 Å². The molecule has 0 spiro atoms. The van der Waals surface area contributed by atoms with E-state index < -0.39 is 5.97 Å². The summed E-state index contributed by atoms with van der Waals surface area (Å²) in [6.07, 6.45) is 0. The molecule has 0 aromatic carbocycles. The summed E-state index contributed by atoms with van der Waals surface area (Å²) in [6, 6.07) is 2.89. The van der Waals surface area contributed by atoms with Gasteiger partial charge < -0.3 is 15.3 Å². The second kappa shape index (κ2) is 3.40. The standard InChI is InChI=1S/C7H7N5O3/c8-7-9-10-11-12(7)3-4-1-2-5(15-4)6(13)14/h1-2H,3H2,(H,13,14)(H2,8,9,11). The van der Waals surface area contributed by atoms with Crippen molar-refractivity contribution in [3.63, 3.8) is 0 Å². The van der Waals surface area contributed by atoms with Gasteiger partial charge >= 0.3 is 5.97 Å². The highest BCUT2D eigenvalue weighted by Gasteiger charge is 2.10. The number of hydrogen-bond donors (Lipinski definition) is 2. The molecule has 2 aromatic heterocycles. The van der Waals surface area contributed by atoms with Crippen LogP contribution in [0.4, 0.5) is 5.95 Å². The first kappa shape index (κ1) is 9.19. The number of aromatic carboxylic acids is 1. The Morgan fingerprint density at radius 2 is 2.40 bits per heavy atom. The smallest absolute Gasteiger partial charge is 0.371 e. The molecule has 0 saturated carbocycles. The summed E-state index contributed by atoms with van der Waals surface area (Å²) in [7, 11) is 0. The number of rotatable bonds is 3. The number of hydrogen-bond acceptors (Lipinski definition) is 6. The number of nitrogen functional groups attached to an aromatic ring is 1. The predicted molar refractivity (Wildman–Crippen MR) is 47.0 cm³/mol. The highest BCUT2D eigenvalue weighted by molar-refractivity contribution is 5.84. The second-order valence-corrected chi connectivity index (χ2v) is 2.77. The van der Waals surface area contributed by atoms with Gasteiger partial charge in [0.05, 0.1) is 0 Å². The number of carbonyl (C=O) groups is 1. The fourth-order valence-electron chi connectivity index (χ4n) is 1.05. The number of nitrogens with zero attached hydrogens (tertiary/aromatic N) is 4. The van der Waals surface area contributed by atoms with Crippen molar-refractivity contribution in [2.75, 3.05) is 5.73 Å². The van der Waals surface area contributed by atoms with Crippen LogP contribution in [0.3, 0.4) is 0 Å². The first-order valence-electron chi connectivity index (χ1n) is 4.00. The van der Waals surface area contributed by atoms with Crippen LogP contribution in [-0.4, -0.2) is 31.3 Å². The number of furan rings is 1. The van der Waals surface area contributed by atoms with Crippen LogP contribution in [0.25, 0.3) is 0 Å². The molecule has 0 saturated heterocycles. The van der Waals surface area contributed by atoms with Gasteiger partial charge in [0.2, 0.25) is 11.7 Å². The lowest BCUT2D eigenvalue weighted by molar-refractivity contribution is 0.0660. The molecule has 0 unspecified atom stereocenters. The number of nitrogens with two attached hydrogens (primary N) is 1. The molecule has 0 aliphatic carbocycles. The van der Waals surface area contributed by atoms with E-state index in [0.717, 1.165) is 0 Å². The Bertz CT molecular complexity index is 488. The summed E-state index contributed by atoms with van der Waals surface area (Å²) in [5.74, 6) is -0.683. The number of carboxylic acids is 1. The number of aromatic nitrogens is 4. The van der Waals surface area contributed by atoms with Crippen LogP contribution in [0.15, 0.2) is 16.5 Å². The molecule has 8 nitrogen and oxygen atoms in total. The highest BCUT2D eigenvalue weighted by atomic mass is 16.4. The van der Waals surface area contributed by atoms with Crippen molar-refractivity contribution in [2.45, 2.75) is 6.54 Å². The van der Waals surface area contributed by atoms with Gasteiger partial charge in [-0.05, 0) is 22.6 Å². The third kappa shape index (κ3) is 1.77. The minimum atomic E-state index is -1.12. The third-order valence-corrected chi connectivity index (χ3v) is 1.74. The zero-order chi connectivity index (χ0) is 10.8. The van der Waals surface area contributed by atoms with Gasteiger partial charge in [0.25, 0.3) is 0 Å². The molecular formula is C7H7N5O3. The van der Waals surface area contributed by atoms with E-state index >= 15 is 0 Å². The predicted octanol–water partition coefficient (Wildman–Crippen LogP) is -0.405. The van der Waals surface area contributed by atoms with E-state index in [0.29, 0.717) is 5.76 Å². The maximum Gasteiger partial charge on any atom is 0.371 e. The monoisotopic (exact) mass is 209 g/mol. The van der Waals surface area contributed by atoms with Crippen LogP contribution >= 0.6 is 0 Å². The minimum Gasteiger partial charge on any atom is -0.475 e. The molecule has 2 rings (SSSR count). The summed E-state index contributed by atoms with van der Waals surface area (Å²) in [5.41, 5.74) is 5.42. The van der Waals surface area contributed by atoms with Crippen LogP contribution in [-0.2, 0) is 6.54 Å². The van der Waals surface area contributed by atoms with Crippen LogP contribution in [0.5, 0.6) is 0 Å². The average Bonchev–Trinajstić information content (AvgIpc) is 2.77. The molecule has 2 heterocycles. The van der Waals surface area contributed by atoms with Crippen molar-refractivity contribution < 1.29 is 14.3 Å². The van der Waals surface area contributed by atoms with Crippen LogP contribution in [0.1, 0.15) is 16.3 Å². The maximum atomic E-state index is 10.5.